The fourth-order valence-electron chi connectivity index (χ4n) is 2.21. The van der Waals surface area contributed by atoms with Gasteiger partial charge in [0, 0.05) is 5.69 Å². The largest absolute Gasteiger partial charge is 0.573 e. The number of rotatable bonds is 10. The Morgan fingerprint density at radius 1 is 0.900 bits per heavy atom. The van der Waals surface area contributed by atoms with Gasteiger partial charge in [0.2, 0.25) is 0 Å². The second-order valence-corrected chi connectivity index (χ2v) is 5.78. The molecule has 10 heteroatoms. The van der Waals surface area contributed by atoms with E-state index in [0.29, 0.717) is 18.1 Å². The lowest BCUT2D eigenvalue weighted by Gasteiger charge is -2.10. The van der Waals surface area contributed by atoms with E-state index in [9.17, 15) is 22.8 Å². The third kappa shape index (κ3) is 8.72. The predicted molar refractivity (Wildman–Crippen MR) is 100 cm³/mol. The van der Waals surface area contributed by atoms with Crippen molar-refractivity contribution in [2.75, 3.05) is 25.1 Å². The molecule has 162 valence electrons. The normalized spacial score (nSPS) is 10.8. The number of esters is 1. The zero-order chi connectivity index (χ0) is 22.0. The number of amides is 1. The van der Waals surface area contributed by atoms with E-state index >= 15 is 0 Å². The van der Waals surface area contributed by atoms with E-state index in [2.05, 4.69) is 10.1 Å². The number of benzene rings is 2. The summed E-state index contributed by atoms with van der Waals surface area (Å²) >= 11 is 0. The van der Waals surface area contributed by atoms with Crippen molar-refractivity contribution in [3.05, 3.63) is 48.5 Å². The monoisotopic (exact) mass is 427 g/mol. The summed E-state index contributed by atoms with van der Waals surface area (Å²) in [4.78, 5) is 23.5. The van der Waals surface area contributed by atoms with Crippen molar-refractivity contribution in [3.63, 3.8) is 0 Å². The average molecular weight is 427 g/mol. The molecule has 0 radical (unpaired) electrons. The maximum Gasteiger partial charge on any atom is 0.573 e. The number of halogens is 3. The number of carbonyl (C=O) groups excluding carboxylic acids is 2. The lowest BCUT2D eigenvalue weighted by Crippen LogP contribution is -2.21. The van der Waals surface area contributed by atoms with Crippen LogP contribution in [0.2, 0.25) is 0 Å². The van der Waals surface area contributed by atoms with Crippen LogP contribution in [0.5, 0.6) is 17.2 Å². The van der Waals surface area contributed by atoms with E-state index in [4.69, 9.17) is 14.2 Å². The van der Waals surface area contributed by atoms with Crippen molar-refractivity contribution < 1.29 is 41.7 Å². The first-order valence-corrected chi connectivity index (χ1v) is 8.92. The zero-order valence-corrected chi connectivity index (χ0v) is 16.0. The lowest BCUT2D eigenvalue weighted by atomic mass is 10.3. The molecule has 0 aliphatic carbocycles. The van der Waals surface area contributed by atoms with E-state index < -0.39 is 30.6 Å². The Balaban J connectivity index is 1.66. The Kier molecular flexibility index (Phi) is 8.33. The van der Waals surface area contributed by atoms with E-state index in [0.717, 1.165) is 12.1 Å². The first kappa shape index (κ1) is 22.9. The van der Waals surface area contributed by atoms with Crippen LogP contribution in [0, 0.1) is 0 Å². The highest BCUT2D eigenvalue weighted by Gasteiger charge is 2.30. The van der Waals surface area contributed by atoms with Crippen molar-refractivity contribution in [1.82, 2.24) is 0 Å². The molecule has 2 rings (SSSR count). The van der Waals surface area contributed by atoms with Crippen molar-refractivity contribution in [3.8, 4) is 17.2 Å². The van der Waals surface area contributed by atoms with Crippen LogP contribution < -0.4 is 19.5 Å². The third-order valence-corrected chi connectivity index (χ3v) is 3.45. The lowest BCUT2D eigenvalue weighted by molar-refractivity contribution is -0.274. The minimum atomic E-state index is -4.80. The third-order valence-electron chi connectivity index (χ3n) is 3.45. The fraction of sp³-hybridized carbons (Fsp3) is 0.300. The molecule has 0 saturated carbocycles. The molecule has 0 aliphatic rings. The predicted octanol–water partition coefficient (Wildman–Crippen LogP) is 3.93. The topological polar surface area (TPSA) is 83.1 Å². The first-order chi connectivity index (χ1) is 14.2. The summed E-state index contributed by atoms with van der Waals surface area (Å²) < 4.78 is 55.6. The smallest absolute Gasteiger partial charge is 0.494 e. The molecule has 2 aromatic rings. The van der Waals surface area contributed by atoms with Gasteiger partial charge in [0.25, 0.3) is 5.91 Å². The summed E-state index contributed by atoms with van der Waals surface area (Å²) in [6.07, 6.45) is -4.86. The second-order valence-electron chi connectivity index (χ2n) is 5.78. The number of nitrogens with one attached hydrogen (secondary N) is 1. The van der Waals surface area contributed by atoms with Crippen LogP contribution in [0.25, 0.3) is 0 Å². The number of hydrogen-bond acceptors (Lipinski definition) is 6. The summed E-state index contributed by atoms with van der Waals surface area (Å²) in [5, 5.41) is 2.39. The maximum atomic E-state index is 12.1. The molecule has 0 fully saturated rings. The van der Waals surface area contributed by atoms with Crippen molar-refractivity contribution in [2.45, 2.75) is 19.7 Å². The number of ether oxygens (including phenoxy) is 4. The minimum Gasteiger partial charge on any atom is -0.494 e. The Labute approximate surface area is 170 Å². The van der Waals surface area contributed by atoms with Gasteiger partial charge in [-0.15, -0.1) is 13.2 Å². The molecule has 1 amide bonds. The highest BCUT2D eigenvalue weighted by atomic mass is 19.4. The maximum absolute atomic E-state index is 12.1. The quantitative estimate of drug-likeness (QED) is 0.579. The Hall–Kier alpha value is -3.43. The molecule has 0 heterocycles. The van der Waals surface area contributed by atoms with E-state index in [1.807, 2.05) is 6.92 Å². The van der Waals surface area contributed by atoms with Gasteiger partial charge >= 0.3 is 12.3 Å². The number of hydrogen-bond donors (Lipinski definition) is 1. The van der Waals surface area contributed by atoms with Gasteiger partial charge in [0.05, 0.1) is 19.6 Å². The molecule has 30 heavy (non-hydrogen) atoms. The van der Waals surface area contributed by atoms with Crippen LogP contribution in [0.4, 0.5) is 18.9 Å². The van der Waals surface area contributed by atoms with Gasteiger partial charge < -0.3 is 24.3 Å². The molecule has 0 bridgehead atoms. The van der Waals surface area contributed by atoms with Crippen LogP contribution in [0.15, 0.2) is 48.5 Å². The van der Waals surface area contributed by atoms with Crippen LogP contribution in [0.1, 0.15) is 13.3 Å². The summed E-state index contributed by atoms with van der Waals surface area (Å²) in [5.74, 6) is -0.426. The van der Waals surface area contributed by atoms with Crippen molar-refractivity contribution in [1.29, 1.82) is 0 Å². The number of anilines is 1. The molecule has 1 N–H and O–H groups in total. The molecule has 0 aromatic heterocycles. The second kappa shape index (κ2) is 10.9. The molecule has 0 unspecified atom stereocenters. The van der Waals surface area contributed by atoms with Crippen LogP contribution >= 0.6 is 0 Å². The summed E-state index contributed by atoms with van der Waals surface area (Å²) in [7, 11) is 0. The van der Waals surface area contributed by atoms with Gasteiger partial charge in [-0.05, 0) is 55.5 Å². The molecule has 2 aromatic carbocycles. The van der Waals surface area contributed by atoms with E-state index in [-0.39, 0.29) is 18.7 Å². The molecular weight excluding hydrogens is 407 g/mol. The van der Waals surface area contributed by atoms with Crippen molar-refractivity contribution >= 4 is 17.6 Å². The summed E-state index contributed by atoms with van der Waals surface area (Å²) in [6, 6.07) is 11.4. The van der Waals surface area contributed by atoms with Crippen LogP contribution in [-0.2, 0) is 14.3 Å². The molecular formula is C20H20F3NO6. The number of alkyl halides is 3. The zero-order valence-electron chi connectivity index (χ0n) is 16.0. The highest BCUT2D eigenvalue weighted by molar-refractivity contribution is 5.92. The summed E-state index contributed by atoms with van der Waals surface area (Å²) in [6.45, 7) is 1.95. The molecule has 7 nitrogen and oxygen atoms in total. The molecule has 0 saturated heterocycles. The SMILES string of the molecule is CCOc1ccc(OCCC(=O)OCC(=O)Nc2ccc(OC(F)(F)F)cc2)cc1. The van der Waals surface area contributed by atoms with Crippen molar-refractivity contribution in [2.24, 2.45) is 0 Å². The fourth-order valence-corrected chi connectivity index (χ4v) is 2.21. The number of carbonyl (C=O) groups is 2. The first-order valence-electron chi connectivity index (χ1n) is 8.92. The Morgan fingerprint density at radius 3 is 2.03 bits per heavy atom. The van der Waals surface area contributed by atoms with Crippen LogP contribution in [0.3, 0.4) is 0 Å². The van der Waals surface area contributed by atoms with Gasteiger partial charge in [-0.25, -0.2) is 0 Å². The minimum absolute atomic E-state index is 0.0646. The van der Waals surface area contributed by atoms with E-state index in [1.165, 1.54) is 12.1 Å². The standard InChI is InChI=1S/C20H20F3NO6/c1-2-27-15-7-9-16(10-8-15)28-12-11-19(26)29-13-18(25)24-14-3-5-17(6-4-14)30-20(21,22)23/h3-10H,2,11-13H2,1H3,(H,24,25). The van der Waals surface area contributed by atoms with Gasteiger partial charge in [0.15, 0.2) is 6.61 Å². The van der Waals surface area contributed by atoms with Crippen LogP contribution in [-0.4, -0.2) is 38.1 Å². The Morgan fingerprint density at radius 2 is 1.47 bits per heavy atom. The molecule has 0 spiro atoms. The summed E-state index contributed by atoms with van der Waals surface area (Å²) in [5.41, 5.74) is 0.226. The Bertz CT molecular complexity index is 822. The molecule has 0 atom stereocenters. The molecule has 0 aliphatic heterocycles. The van der Waals surface area contributed by atoms with Gasteiger partial charge in [0.1, 0.15) is 17.2 Å². The highest BCUT2D eigenvalue weighted by Crippen LogP contribution is 2.24. The van der Waals surface area contributed by atoms with Gasteiger partial charge in [-0.1, -0.05) is 0 Å². The van der Waals surface area contributed by atoms with Gasteiger partial charge in [-0.2, -0.15) is 0 Å². The van der Waals surface area contributed by atoms with Gasteiger partial charge in [-0.3, -0.25) is 9.59 Å². The van der Waals surface area contributed by atoms with E-state index in [1.54, 1.807) is 24.3 Å². The average Bonchev–Trinajstić information content (AvgIpc) is 2.68.